The lowest BCUT2D eigenvalue weighted by Crippen LogP contribution is -2.41. The topological polar surface area (TPSA) is 67.8 Å². The number of benzene rings is 1. The molecule has 5 nitrogen and oxygen atoms in total. The Labute approximate surface area is 131 Å². The normalized spacial score (nSPS) is 25.1. The second-order valence-corrected chi connectivity index (χ2v) is 7.09. The zero-order valence-electron chi connectivity index (χ0n) is 13.5. The van der Waals surface area contributed by atoms with Crippen LogP contribution in [0, 0.1) is 0 Å². The molecule has 22 heavy (non-hydrogen) atoms. The molecule has 0 saturated carbocycles. The Morgan fingerprint density at radius 1 is 1.27 bits per heavy atom. The van der Waals surface area contributed by atoms with E-state index in [-0.39, 0.29) is 17.2 Å². The van der Waals surface area contributed by atoms with E-state index >= 15 is 0 Å². The fraction of sp³-hybridized carbons (Fsp3) is 0.562. The zero-order chi connectivity index (χ0) is 16.1. The first-order valence-corrected chi connectivity index (χ1v) is 7.67. The Morgan fingerprint density at radius 2 is 1.91 bits per heavy atom. The number of amides is 1. The van der Waals surface area contributed by atoms with Gasteiger partial charge in [-0.3, -0.25) is 0 Å². The van der Waals surface area contributed by atoms with Crippen LogP contribution in [0.4, 0.5) is 4.79 Å². The number of hydrogen-bond acceptors (Lipinski definition) is 3. The van der Waals surface area contributed by atoms with Crippen molar-refractivity contribution in [1.29, 1.82) is 0 Å². The van der Waals surface area contributed by atoms with Crippen molar-refractivity contribution in [2.24, 2.45) is 0 Å². The number of nitrogens with one attached hydrogen (secondary N) is 1. The number of carboxylic acid groups (broad SMARTS) is 1. The van der Waals surface area contributed by atoms with Gasteiger partial charge in [-0.2, -0.15) is 0 Å². The summed E-state index contributed by atoms with van der Waals surface area (Å²) in [5.41, 5.74) is 2.41. The predicted molar refractivity (Wildman–Crippen MR) is 84.4 cm³/mol. The molecule has 1 aromatic rings. The average molecular weight is 303 g/mol. The molecule has 3 rings (SSSR count). The van der Waals surface area contributed by atoms with E-state index in [1.54, 1.807) is 0 Å². The predicted octanol–water partition coefficient (Wildman–Crippen LogP) is 2.24. The Morgan fingerprint density at radius 3 is 2.50 bits per heavy atom. The number of rotatable bonds is 2. The zero-order valence-corrected chi connectivity index (χ0v) is 13.5. The first-order chi connectivity index (χ1) is 10.2. The smallest absolute Gasteiger partial charge is 0.465 e. The molecule has 1 heterocycles. The van der Waals surface area contributed by atoms with Gasteiger partial charge in [-0.1, -0.05) is 18.2 Å². The molecule has 0 spiro atoms. The number of fused-ring (bicyclic) bond motifs is 1. The van der Waals surface area contributed by atoms with E-state index in [2.05, 4.69) is 11.4 Å². The van der Waals surface area contributed by atoms with Crippen molar-refractivity contribution in [3.05, 3.63) is 29.3 Å². The molecule has 1 saturated heterocycles. The minimum atomic E-state index is -0.987. The Kier molecular flexibility index (Phi) is 3.49. The van der Waals surface area contributed by atoms with Crippen LogP contribution < -0.4 is 10.8 Å². The van der Waals surface area contributed by atoms with Crippen molar-refractivity contribution in [3.63, 3.8) is 0 Å². The van der Waals surface area contributed by atoms with Crippen LogP contribution in [-0.4, -0.2) is 29.5 Å². The molecule has 2 N–H and O–H groups in total. The van der Waals surface area contributed by atoms with Gasteiger partial charge in [-0.25, -0.2) is 4.79 Å². The van der Waals surface area contributed by atoms with Crippen LogP contribution >= 0.6 is 0 Å². The van der Waals surface area contributed by atoms with Crippen LogP contribution in [0.25, 0.3) is 0 Å². The van der Waals surface area contributed by atoms with Gasteiger partial charge in [-0.05, 0) is 57.1 Å². The summed E-state index contributed by atoms with van der Waals surface area (Å²) < 4.78 is 12.1. The largest absolute Gasteiger partial charge is 0.494 e. The van der Waals surface area contributed by atoms with Crippen LogP contribution in [0.5, 0.6) is 0 Å². The second-order valence-electron chi connectivity index (χ2n) is 7.09. The van der Waals surface area contributed by atoms with Crippen molar-refractivity contribution in [3.8, 4) is 0 Å². The van der Waals surface area contributed by atoms with E-state index in [4.69, 9.17) is 14.4 Å². The average Bonchev–Trinajstić information content (AvgIpc) is 2.88. The summed E-state index contributed by atoms with van der Waals surface area (Å²) in [5.74, 6) is 0. The molecule has 0 aromatic heterocycles. The molecule has 1 aromatic carbocycles. The summed E-state index contributed by atoms with van der Waals surface area (Å²) in [5, 5.41) is 11.5. The lowest BCUT2D eigenvalue weighted by molar-refractivity contribution is 0.00578. The Bertz CT molecular complexity index is 598. The summed E-state index contributed by atoms with van der Waals surface area (Å²) in [4.78, 5) is 10.9. The minimum Gasteiger partial charge on any atom is -0.465 e. The fourth-order valence-electron chi connectivity index (χ4n) is 3.05. The Hall–Kier alpha value is -1.53. The highest BCUT2D eigenvalue weighted by Gasteiger charge is 2.51. The van der Waals surface area contributed by atoms with Gasteiger partial charge in [0.15, 0.2) is 0 Å². The van der Waals surface area contributed by atoms with Crippen LogP contribution in [0.3, 0.4) is 0 Å². The van der Waals surface area contributed by atoms with Gasteiger partial charge in [0.05, 0.1) is 17.2 Å². The van der Waals surface area contributed by atoms with Gasteiger partial charge < -0.3 is 19.7 Å². The highest BCUT2D eigenvalue weighted by molar-refractivity contribution is 6.62. The maximum Gasteiger partial charge on any atom is 0.494 e. The lowest BCUT2D eigenvalue weighted by atomic mass is 9.77. The minimum absolute atomic E-state index is 0.144. The van der Waals surface area contributed by atoms with E-state index < -0.39 is 13.2 Å². The number of carbonyl (C=O) groups is 1. The van der Waals surface area contributed by atoms with Crippen molar-refractivity contribution >= 4 is 18.7 Å². The van der Waals surface area contributed by atoms with Crippen molar-refractivity contribution in [1.82, 2.24) is 5.32 Å². The highest BCUT2D eigenvalue weighted by atomic mass is 16.7. The summed E-state index contributed by atoms with van der Waals surface area (Å²) in [6, 6.07) is 5.95. The van der Waals surface area contributed by atoms with Crippen LogP contribution in [0.15, 0.2) is 18.2 Å². The number of hydrogen-bond donors (Lipinski definition) is 2. The van der Waals surface area contributed by atoms with Gasteiger partial charge in [-0.15, -0.1) is 0 Å². The molecule has 1 atom stereocenters. The van der Waals surface area contributed by atoms with E-state index in [9.17, 15) is 4.79 Å². The van der Waals surface area contributed by atoms with Crippen LogP contribution in [0.2, 0.25) is 0 Å². The third kappa shape index (κ3) is 2.50. The van der Waals surface area contributed by atoms with Gasteiger partial charge in [0, 0.05) is 0 Å². The summed E-state index contributed by atoms with van der Waals surface area (Å²) in [6.45, 7) is 8.09. The first kappa shape index (κ1) is 15.4. The molecule has 1 aliphatic carbocycles. The Balaban J connectivity index is 1.87. The van der Waals surface area contributed by atoms with E-state index in [1.165, 1.54) is 5.56 Å². The standard InChI is InChI=1S/C16H22BNO4/c1-15(2)16(3,4)22-17(21-15)11-7-5-10-6-8-13(12(10)9-11)18-14(19)20/h5,7,9,13,18H,6,8H2,1-4H3,(H,19,20). The summed E-state index contributed by atoms with van der Waals surface area (Å²) in [6.07, 6.45) is 0.706. The molecule has 1 fully saturated rings. The molecular weight excluding hydrogens is 281 g/mol. The quantitative estimate of drug-likeness (QED) is 0.822. The molecular formula is C16H22BNO4. The molecule has 2 aliphatic rings. The van der Waals surface area contributed by atoms with Crippen LogP contribution in [0.1, 0.15) is 51.3 Å². The van der Waals surface area contributed by atoms with Gasteiger partial charge in [0.25, 0.3) is 0 Å². The molecule has 0 bridgehead atoms. The molecule has 0 radical (unpaired) electrons. The van der Waals surface area contributed by atoms with E-state index in [0.29, 0.717) is 0 Å². The van der Waals surface area contributed by atoms with Gasteiger partial charge >= 0.3 is 13.2 Å². The third-order valence-electron chi connectivity index (χ3n) is 5.07. The molecule has 1 unspecified atom stereocenters. The van der Waals surface area contributed by atoms with Crippen molar-refractivity contribution in [2.75, 3.05) is 0 Å². The van der Waals surface area contributed by atoms with Crippen molar-refractivity contribution < 1.29 is 19.2 Å². The lowest BCUT2D eigenvalue weighted by Gasteiger charge is -2.32. The SMILES string of the molecule is CC1(C)OB(c2ccc3c(c2)C(NC(=O)O)CC3)OC1(C)C. The highest BCUT2D eigenvalue weighted by Crippen LogP contribution is 2.37. The number of aryl methyl sites for hydroxylation is 1. The maximum atomic E-state index is 10.9. The molecule has 6 heteroatoms. The first-order valence-electron chi connectivity index (χ1n) is 7.67. The molecule has 1 amide bonds. The van der Waals surface area contributed by atoms with Crippen LogP contribution in [-0.2, 0) is 15.7 Å². The van der Waals surface area contributed by atoms with Crippen molar-refractivity contribution in [2.45, 2.75) is 57.8 Å². The molecule has 1 aliphatic heterocycles. The second kappa shape index (κ2) is 5.00. The third-order valence-corrected chi connectivity index (χ3v) is 5.07. The molecule has 118 valence electrons. The monoisotopic (exact) mass is 303 g/mol. The summed E-state index contributed by atoms with van der Waals surface area (Å²) in [7, 11) is -0.415. The summed E-state index contributed by atoms with van der Waals surface area (Å²) >= 11 is 0. The van der Waals surface area contributed by atoms with Gasteiger partial charge in [0.2, 0.25) is 0 Å². The van der Waals surface area contributed by atoms with Gasteiger partial charge in [0.1, 0.15) is 0 Å². The fourth-order valence-corrected chi connectivity index (χ4v) is 3.05. The van der Waals surface area contributed by atoms with E-state index in [1.807, 2.05) is 39.8 Å². The van der Waals surface area contributed by atoms with E-state index in [0.717, 1.165) is 23.9 Å². The maximum absolute atomic E-state index is 10.9.